The van der Waals surface area contributed by atoms with Gasteiger partial charge in [0.25, 0.3) is 5.91 Å². The normalized spacial score (nSPS) is 11.8. The van der Waals surface area contributed by atoms with Crippen molar-refractivity contribution in [1.82, 2.24) is 0 Å². The first-order valence-electron chi connectivity index (χ1n) is 7.81. The van der Waals surface area contributed by atoms with Crippen LogP contribution in [0.25, 0.3) is 0 Å². The number of hydrogen-bond donors (Lipinski definition) is 2. The number of anilines is 1. The summed E-state index contributed by atoms with van der Waals surface area (Å²) in [5.74, 6) is 1.14. The molecule has 1 atom stereocenters. The molecule has 2 aromatic carbocycles. The van der Waals surface area contributed by atoms with Gasteiger partial charge in [0.15, 0.2) is 18.0 Å². The molecule has 2 aromatic rings. The highest BCUT2D eigenvalue weighted by Crippen LogP contribution is 2.32. The summed E-state index contributed by atoms with van der Waals surface area (Å²) >= 11 is 18.0. The van der Waals surface area contributed by atoms with Crippen LogP contribution in [-0.4, -0.2) is 33.7 Å². The molecule has 1 unspecified atom stereocenters. The lowest BCUT2D eigenvalue weighted by molar-refractivity contribution is -0.885. The lowest BCUT2D eigenvalue weighted by Crippen LogP contribution is -3.08. The average Bonchev–Trinajstić information content (AvgIpc) is 2.59. The number of ether oxygens (including phenoxy) is 2. The van der Waals surface area contributed by atoms with Crippen LogP contribution in [0, 0.1) is 0 Å². The molecule has 140 valence electrons. The third-order valence-corrected chi connectivity index (χ3v) is 4.76. The molecule has 0 aliphatic rings. The molecule has 1 amide bonds. The molecule has 0 fully saturated rings. The average molecular weight is 419 g/mol. The Morgan fingerprint density at radius 1 is 1.08 bits per heavy atom. The Morgan fingerprint density at radius 3 is 2.42 bits per heavy atom. The number of halogens is 3. The minimum absolute atomic E-state index is 0.190. The quantitative estimate of drug-likeness (QED) is 0.678. The van der Waals surface area contributed by atoms with E-state index in [2.05, 4.69) is 5.32 Å². The van der Waals surface area contributed by atoms with Gasteiger partial charge in [0, 0.05) is 0 Å². The molecular formula is C18H20Cl3N2O3+. The van der Waals surface area contributed by atoms with Crippen LogP contribution in [0.1, 0.15) is 5.56 Å². The third-order valence-electron chi connectivity index (χ3n) is 3.72. The second-order valence-corrected chi connectivity index (χ2v) is 6.98. The number of hydrogen-bond acceptors (Lipinski definition) is 3. The Labute approximate surface area is 167 Å². The van der Waals surface area contributed by atoms with Crippen LogP contribution >= 0.6 is 34.8 Å². The van der Waals surface area contributed by atoms with Crippen molar-refractivity contribution in [2.45, 2.75) is 6.54 Å². The fourth-order valence-electron chi connectivity index (χ4n) is 2.57. The maximum Gasteiger partial charge on any atom is 0.279 e. The van der Waals surface area contributed by atoms with Crippen molar-refractivity contribution in [2.75, 3.05) is 33.1 Å². The van der Waals surface area contributed by atoms with Crippen LogP contribution in [-0.2, 0) is 11.3 Å². The Hall–Kier alpha value is -1.66. The second kappa shape index (κ2) is 9.33. The van der Waals surface area contributed by atoms with Gasteiger partial charge >= 0.3 is 0 Å². The van der Waals surface area contributed by atoms with Crippen LogP contribution in [0.15, 0.2) is 30.3 Å². The van der Waals surface area contributed by atoms with Crippen molar-refractivity contribution in [1.29, 1.82) is 0 Å². The number of carbonyl (C=O) groups excluding carboxylic acids is 1. The molecule has 2 rings (SSSR count). The summed E-state index contributed by atoms with van der Waals surface area (Å²) in [6, 6.07) is 8.69. The minimum atomic E-state index is -0.190. The van der Waals surface area contributed by atoms with Gasteiger partial charge < -0.3 is 19.7 Å². The summed E-state index contributed by atoms with van der Waals surface area (Å²) < 4.78 is 10.7. The first-order chi connectivity index (χ1) is 12.3. The van der Waals surface area contributed by atoms with Gasteiger partial charge in [0.1, 0.15) is 6.54 Å². The van der Waals surface area contributed by atoms with Crippen molar-refractivity contribution < 1.29 is 19.2 Å². The van der Waals surface area contributed by atoms with E-state index in [1.165, 1.54) is 12.1 Å². The van der Waals surface area contributed by atoms with Gasteiger partial charge in [-0.1, -0.05) is 40.9 Å². The van der Waals surface area contributed by atoms with E-state index in [1.54, 1.807) is 14.2 Å². The van der Waals surface area contributed by atoms with Gasteiger partial charge in [-0.25, -0.2) is 0 Å². The van der Waals surface area contributed by atoms with E-state index >= 15 is 0 Å². The molecule has 2 N–H and O–H groups in total. The number of nitrogens with one attached hydrogen (secondary N) is 2. The highest BCUT2D eigenvalue weighted by atomic mass is 35.5. The van der Waals surface area contributed by atoms with Crippen LogP contribution in [0.5, 0.6) is 11.5 Å². The van der Waals surface area contributed by atoms with Gasteiger partial charge in [-0.05, 0) is 24.3 Å². The summed E-state index contributed by atoms with van der Waals surface area (Å²) in [7, 11) is 5.09. The Bertz CT molecular complexity index is 799. The predicted molar refractivity (Wildman–Crippen MR) is 105 cm³/mol. The molecule has 0 saturated heterocycles. The molecule has 0 radical (unpaired) electrons. The molecule has 0 aromatic heterocycles. The number of rotatable bonds is 7. The summed E-state index contributed by atoms with van der Waals surface area (Å²) in [6.45, 7) is 0.819. The van der Waals surface area contributed by atoms with Crippen LogP contribution in [0.4, 0.5) is 5.69 Å². The van der Waals surface area contributed by atoms with E-state index in [1.807, 2.05) is 25.2 Å². The van der Waals surface area contributed by atoms with Crippen LogP contribution in [0.3, 0.4) is 0 Å². The lowest BCUT2D eigenvalue weighted by Gasteiger charge is -2.17. The lowest BCUT2D eigenvalue weighted by atomic mass is 10.1. The van der Waals surface area contributed by atoms with E-state index in [4.69, 9.17) is 44.3 Å². The number of amides is 1. The van der Waals surface area contributed by atoms with Gasteiger partial charge in [0.05, 0.1) is 47.6 Å². The zero-order chi connectivity index (χ0) is 19.3. The Balaban J connectivity index is 2.03. The summed E-state index contributed by atoms with van der Waals surface area (Å²) in [5, 5.41) is 3.75. The van der Waals surface area contributed by atoms with Gasteiger partial charge in [-0.15, -0.1) is 0 Å². The molecule has 8 heteroatoms. The van der Waals surface area contributed by atoms with Gasteiger partial charge in [0.2, 0.25) is 0 Å². The molecular weight excluding hydrogens is 399 g/mol. The highest BCUT2D eigenvalue weighted by Gasteiger charge is 2.17. The fraction of sp³-hybridized carbons (Fsp3) is 0.278. The maximum atomic E-state index is 12.3. The summed E-state index contributed by atoms with van der Waals surface area (Å²) in [6.07, 6.45) is 0. The van der Waals surface area contributed by atoms with E-state index in [0.29, 0.717) is 38.8 Å². The molecule has 0 saturated carbocycles. The van der Waals surface area contributed by atoms with Crippen LogP contribution in [0.2, 0.25) is 15.1 Å². The van der Waals surface area contributed by atoms with E-state index < -0.39 is 0 Å². The number of para-hydroxylation sites is 1. The standard InChI is InChI=1S/C18H19Cl3N2O3/c1-23(9-11-5-4-6-16(25-2)18(11)26-3)10-17(24)22-15-8-13(20)12(19)7-14(15)21/h4-8H,9-10H2,1-3H3,(H,22,24)/p+1. The third kappa shape index (κ3) is 5.17. The maximum absolute atomic E-state index is 12.3. The zero-order valence-electron chi connectivity index (χ0n) is 14.7. The van der Waals surface area contributed by atoms with Gasteiger partial charge in [-0.3, -0.25) is 4.79 Å². The van der Waals surface area contributed by atoms with Crippen molar-refractivity contribution in [2.24, 2.45) is 0 Å². The topological polar surface area (TPSA) is 52.0 Å². The minimum Gasteiger partial charge on any atom is -0.493 e. The van der Waals surface area contributed by atoms with E-state index in [-0.39, 0.29) is 12.5 Å². The largest absolute Gasteiger partial charge is 0.493 e. The van der Waals surface area contributed by atoms with Crippen molar-refractivity contribution in [3.8, 4) is 11.5 Å². The molecule has 0 heterocycles. The molecule has 0 aliphatic carbocycles. The molecule has 5 nitrogen and oxygen atoms in total. The van der Waals surface area contributed by atoms with Crippen molar-refractivity contribution >= 4 is 46.4 Å². The number of carbonyl (C=O) groups is 1. The Morgan fingerprint density at radius 2 is 1.77 bits per heavy atom. The number of benzene rings is 2. The number of likely N-dealkylation sites (N-methyl/N-ethyl adjacent to an activating group) is 1. The zero-order valence-corrected chi connectivity index (χ0v) is 16.9. The first-order valence-corrected chi connectivity index (χ1v) is 8.94. The second-order valence-electron chi connectivity index (χ2n) is 5.76. The van der Waals surface area contributed by atoms with Gasteiger partial charge in [-0.2, -0.15) is 0 Å². The predicted octanol–water partition coefficient (Wildman–Crippen LogP) is 3.32. The molecule has 26 heavy (non-hydrogen) atoms. The van der Waals surface area contributed by atoms with Crippen molar-refractivity contribution in [3.05, 3.63) is 51.0 Å². The number of methoxy groups -OCH3 is 2. The first kappa shape index (κ1) is 20.6. The molecule has 0 aliphatic heterocycles. The number of quaternary nitrogens is 1. The van der Waals surface area contributed by atoms with Crippen molar-refractivity contribution in [3.63, 3.8) is 0 Å². The van der Waals surface area contributed by atoms with E-state index in [0.717, 1.165) is 10.5 Å². The smallest absolute Gasteiger partial charge is 0.279 e. The highest BCUT2D eigenvalue weighted by molar-refractivity contribution is 6.44. The van der Waals surface area contributed by atoms with E-state index in [9.17, 15) is 4.79 Å². The monoisotopic (exact) mass is 417 g/mol. The molecule has 0 spiro atoms. The fourth-order valence-corrected chi connectivity index (χ4v) is 3.16. The Kier molecular flexibility index (Phi) is 7.41. The summed E-state index contributed by atoms with van der Waals surface area (Å²) in [4.78, 5) is 13.3. The SMILES string of the molecule is COc1cccc(C[NH+](C)CC(=O)Nc2cc(Cl)c(Cl)cc2Cl)c1OC. The van der Waals surface area contributed by atoms with Crippen LogP contribution < -0.4 is 19.7 Å². The molecule has 0 bridgehead atoms. The summed E-state index contributed by atoms with van der Waals surface area (Å²) in [5.41, 5.74) is 1.38.